The van der Waals surface area contributed by atoms with Crippen LogP contribution < -0.4 is 26.7 Å². The van der Waals surface area contributed by atoms with Gasteiger partial charge in [0.2, 0.25) is 0 Å². The van der Waals surface area contributed by atoms with Crippen LogP contribution >= 0.6 is 0 Å². The maximum absolute atomic E-state index is 5.94. The first kappa shape index (κ1) is 19.4. The van der Waals surface area contributed by atoms with Gasteiger partial charge in [-0.15, -0.1) is 0 Å². The van der Waals surface area contributed by atoms with Crippen molar-refractivity contribution in [3.63, 3.8) is 0 Å². The summed E-state index contributed by atoms with van der Waals surface area (Å²) < 4.78 is 10.6. The van der Waals surface area contributed by atoms with Crippen molar-refractivity contribution >= 4 is 34.8 Å². The maximum atomic E-state index is 5.94. The van der Waals surface area contributed by atoms with Crippen LogP contribution in [-0.4, -0.2) is 42.1 Å². The number of benzene rings is 1. The van der Waals surface area contributed by atoms with Gasteiger partial charge < -0.3 is 30.8 Å². The summed E-state index contributed by atoms with van der Waals surface area (Å²) in [6.45, 7) is 3.30. The smallest absolute Gasteiger partial charge is 0.388 e. The Labute approximate surface area is 173 Å². The van der Waals surface area contributed by atoms with Gasteiger partial charge in [-0.25, -0.2) is 4.98 Å². The number of aliphatic imine (C=N–C) groups is 1. The molecule has 1 aliphatic heterocycles. The van der Waals surface area contributed by atoms with E-state index < -0.39 is 0 Å². The van der Waals surface area contributed by atoms with Crippen LogP contribution in [0.3, 0.4) is 0 Å². The molecule has 0 amide bonds. The molecule has 0 radical (unpaired) electrons. The molecule has 0 spiro atoms. The topological polar surface area (TPSA) is 142 Å². The number of hydrogen-bond acceptors (Lipinski definition) is 8. The fourth-order valence-electron chi connectivity index (χ4n) is 2.96. The highest BCUT2D eigenvalue weighted by atomic mass is 16.5. The number of H-pyrrole nitrogens is 1. The van der Waals surface area contributed by atoms with Crippen molar-refractivity contribution in [3.05, 3.63) is 60.8 Å². The van der Waals surface area contributed by atoms with Crippen LogP contribution in [0.4, 0.5) is 23.3 Å². The lowest BCUT2D eigenvalue weighted by atomic mass is 10.2. The number of hydrogen-bond donors (Lipinski definition) is 3. The molecule has 3 aromatic rings. The van der Waals surface area contributed by atoms with E-state index in [4.69, 9.17) is 20.6 Å². The Morgan fingerprint density at radius 3 is 2.70 bits per heavy atom. The van der Waals surface area contributed by atoms with E-state index >= 15 is 0 Å². The number of furan rings is 1. The second kappa shape index (κ2) is 9.05. The monoisotopic (exact) mass is 407 g/mol. The van der Waals surface area contributed by atoms with E-state index in [0.717, 1.165) is 37.7 Å². The molecule has 0 atom stereocenters. The van der Waals surface area contributed by atoms with Crippen molar-refractivity contribution in [2.45, 2.75) is 0 Å². The Hall–Kier alpha value is -3.92. The Morgan fingerprint density at radius 1 is 1.17 bits per heavy atom. The summed E-state index contributed by atoms with van der Waals surface area (Å²) in [7, 11) is 0. The Bertz CT molecular complexity index is 1030. The van der Waals surface area contributed by atoms with Crippen molar-refractivity contribution < 1.29 is 14.1 Å². The van der Waals surface area contributed by atoms with E-state index in [-0.39, 0.29) is 5.84 Å². The number of nitrogens with two attached hydrogens (primary N) is 2. The summed E-state index contributed by atoms with van der Waals surface area (Å²) in [6, 6.07) is 11.6. The molecule has 2 aromatic heterocycles. The predicted octanol–water partition coefficient (Wildman–Crippen LogP) is 1.45. The van der Waals surface area contributed by atoms with E-state index in [1.807, 2.05) is 12.1 Å². The molecule has 10 nitrogen and oxygen atoms in total. The van der Waals surface area contributed by atoms with Crippen LogP contribution in [-0.2, 0) is 4.74 Å². The number of amidine groups is 1. The summed E-state index contributed by atoms with van der Waals surface area (Å²) in [5.74, 6) is 1.38. The lowest BCUT2D eigenvalue weighted by Gasteiger charge is -2.28. The number of aromatic nitrogens is 3. The van der Waals surface area contributed by atoms with Gasteiger partial charge in [0.05, 0.1) is 25.2 Å². The van der Waals surface area contributed by atoms with Crippen molar-refractivity contribution in [2.24, 2.45) is 16.5 Å². The Morgan fingerprint density at radius 2 is 1.97 bits per heavy atom. The van der Waals surface area contributed by atoms with E-state index in [2.05, 4.69) is 42.3 Å². The highest BCUT2D eigenvalue weighted by molar-refractivity contribution is 5.98. The van der Waals surface area contributed by atoms with Gasteiger partial charge in [0.1, 0.15) is 5.76 Å². The lowest BCUT2D eigenvalue weighted by molar-refractivity contribution is -0.371. The number of aromatic amines is 1. The van der Waals surface area contributed by atoms with Gasteiger partial charge in [-0.1, -0.05) is 15.0 Å². The van der Waals surface area contributed by atoms with Gasteiger partial charge in [0, 0.05) is 30.5 Å². The normalized spacial score (nSPS) is 15.3. The van der Waals surface area contributed by atoms with E-state index in [1.165, 1.54) is 18.7 Å². The maximum Gasteiger partial charge on any atom is 0.388 e. The van der Waals surface area contributed by atoms with Crippen molar-refractivity contribution in [2.75, 3.05) is 36.5 Å². The quantitative estimate of drug-likeness (QED) is 0.412. The van der Waals surface area contributed by atoms with Crippen LogP contribution in [0.25, 0.3) is 5.70 Å². The molecule has 154 valence electrons. The predicted molar refractivity (Wildman–Crippen MR) is 113 cm³/mol. The lowest BCUT2D eigenvalue weighted by Crippen LogP contribution is -2.36. The number of ether oxygens (including phenoxy) is 1. The zero-order valence-corrected chi connectivity index (χ0v) is 16.3. The van der Waals surface area contributed by atoms with Crippen LogP contribution in [0.1, 0.15) is 5.76 Å². The minimum Gasteiger partial charge on any atom is -0.463 e. The number of rotatable bonds is 6. The van der Waals surface area contributed by atoms with Gasteiger partial charge >= 0.3 is 11.9 Å². The molecule has 4 rings (SSSR count). The average molecular weight is 407 g/mol. The minimum absolute atomic E-state index is 0.180. The van der Waals surface area contributed by atoms with Crippen molar-refractivity contribution in [1.82, 2.24) is 9.97 Å². The minimum atomic E-state index is 0.180. The second-order valence-electron chi connectivity index (χ2n) is 6.55. The van der Waals surface area contributed by atoms with Crippen LogP contribution in [0.2, 0.25) is 0 Å². The van der Waals surface area contributed by atoms with Crippen molar-refractivity contribution in [3.8, 4) is 0 Å². The molecule has 0 unspecified atom stereocenters. The Balaban J connectivity index is 1.43. The molecule has 1 aromatic carbocycles. The third-order valence-corrected chi connectivity index (χ3v) is 4.44. The van der Waals surface area contributed by atoms with Gasteiger partial charge in [-0.05, 0) is 36.4 Å². The average Bonchev–Trinajstić information content (AvgIpc) is 3.30. The molecule has 30 heavy (non-hydrogen) atoms. The number of nitrogens with zero attached hydrogens (tertiary/aromatic N) is 4. The molecule has 1 fully saturated rings. The molecule has 0 aliphatic carbocycles. The van der Waals surface area contributed by atoms with Crippen LogP contribution in [0.15, 0.2) is 64.5 Å². The second-order valence-corrected chi connectivity index (χ2v) is 6.55. The van der Waals surface area contributed by atoms with E-state index in [1.54, 1.807) is 12.1 Å². The van der Waals surface area contributed by atoms with E-state index in [0.29, 0.717) is 23.4 Å². The first-order valence-electron chi connectivity index (χ1n) is 9.47. The molecule has 3 heterocycles. The first-order valence-corrected chi connectivity index (χ1v) is 9.47. The standard InChI is InChI=1S/C20H22N8O2/c21-16(17-2-1-9-30-17)12-18(22)26-20-24-13-23-19(27-20)25-14-3-5-15(6-4-14)28-7-10-29-11-8-28/h1-6,9,12-13H,7-8,10-11,21H2,(H3,22,23,24,25,26,27)/p+1. The highest BCUT2D eigenvalue weighted by Gasteiger charge is 2.12. The zero-order valence-electron chi connectivity index (χ0n) is 16.3. The summed E-state index contributed by atoms with van der Waals surface area (Å²) in [6.07, 6.45) is 4.53. The fourth-order valence-corrected chi connectivity index (χ4v) is 2.96. The fraction of sp³-hybridized carbons (Fsp3) is 0.200. The molecular formula is C20H23N8O2+. The molecule has 10 heteroatoms. The largest absolute Gasteiger partial charge is 0.463 e. The van der Waals surface area contributed by atoms with Crippen LogP contribution in [0, 0.1) is 0 Å². The number of morpholine rings is 1. The highest BCUT2D eigenvalue weighted by Crippen LogP contribution is 2.20. The summed E-state index contributed by atoms with van der Waals surface area (Å²) in [4.78, 5) is 17.9. The zero-order chi connectivity index (χ0) is 20.8. The SMILES string of the molecule is NC(=CC(N)=Nc1nc(Nc2ccc(N3CCOCC3)cc2)nc[nH+]1)c1ccco1. The summed E-state index contributed by atoms with van der Waals surface area (Å²) >= 11 is 0. The first-order chi connectivity index (χ1) is 14.7. The van der Waals surface area contributed by atoms with Crippen LogP contribution in [0.5, 0.6) is 0 Å². The molecule has 6 N–H and O–H groups in total. The third-order valence-electron chi connectivity index (χ3n) is 4.44. The molecular weight excluding hydrogens is 384 g/mol. The summed E-state index contributed by atoms with van der Waals surface area (Å²) in [5, 5.41) is 3.16. The molecule has 1 aliphatic rings. The third kappa shape index (κ3) is 4.92. The van der Waals surface area contributed by atoms with E-state index in [9.17, 15) is 0 Å². The Kier molecular flexibility index (Phi) is 5.85. The van der Waals surface area contributed by atoms with Gasteiger partial charge in [-0.2, -0.15) is 0 Å². The van der Waals surface area contributed by atoms with Crippen molar-refractivity contribution in [1.29, 1.82) is 0 Å². The molecule has 0 saturated carbocycles. The number of nitrogens with one attached hydrogen (secondary N) is 2. The summed E-state index contributed by atoms with van der Waals surface area (Å²) in [5.41, 5.74) is 14.3. The van der Waals surface area contributed by atoms with Gasteiger partial charge in [0.15, 0.2) is 12.2 Å². The number of anilines is 3. The molecule has 1 saturated heterocycles. The van der Waals surface area contributed by atoms with Gasteiger partial charge in [-0.3, -0.25) is 0 Å². The van der Waals surface area contributed by atoms with Gasteiger partial charge in [0.25, 0.3) is 0 Å². The molecule has 0 bridgehead atoms.